The lowest BCUT2D eigenvalue weighted by molar-refractivity contribution is -0.179. The standard InChI is InChI=1S/C22H35F3N2O5/c1-13(31-18(29)20(2,3)4)17-15-10-14(12-27(17)16(28)11-22(23,24)25)8-9-26(15)19(30)32-21(5,6)7/h13-15,17H,8-12H2,1-7H3. The molecular formula is C22H35F3N2O5. The summed E-state index contributed by atoms with van der Waals surface area (Å²) in [6.45, 7) is 12.2. The Labute approximate surface area is 187 Å². The van der Waals surface area contributed by atoms with Crippen LogP contribution in [-0.4, -0.2) is 70.8 Å². The van der Waals surface area contributed by atoms with Gasteiger partial charge in [-0.3, -0.25) is 9.59 Å². The molecular weight excluding hydrogens is 429 g/mol. The molecule has 2 rings (SSSR count). The van der Waals surface area contributed by atoms with Gasteiger partial charge in [0.2, 0.25) is 5.91 Å². The van der Waals surface area contributed by atoms with Crippen LogP contribution in [0.25, 0.3) is 0 Å². The zero-order valence-corrected chi connectivity index (χ0v) is 19.9. The van der Waals surface area contributed by atoms with Crippen molar-refractivity contribution in [3.05, 3.63) is 0 Å². The van der Waals surface area contributed by atoms with Crippen molar-refractivity contribution in [2.24, 2.45) is 11.3 Å². The van der Waals surface area contributed by atoms with Gasteiger partial charge in [-0.25, -0.2) is 4.79 Å². The fourth-order valence-electron chi connectivity index (χ4n) is 4.24. The summed E-state index contributed by atoms with van der Waals surface area (Å²) in [5, 5.41) is 0. The molecule has 0 aliphatic carbocycles. The number of hydrogen-bond acceptors (Lipinski definition) is 5. The Morgan fingerprint density at radius 2 is 1.62 bits per heavy atom. The van der Waals surface area contributed by atoms with Gasteiger partial charge >= 0.3 is 18.2 Å². The first kappa shape index (κ1) is 26.3. The summed E-state index contributed by atoms with van der Waals surface area (Å²) in [5.41, 5.74) is -1.59. The van der Waals surface area contributed by atoms with E-state index in [0.29, 0.717) is 19.4 Å². The van der Waals surface area contributed by atoms with Gasteiger partial charge in [-0.05, 0) is 67.2 Å². The number of ether oxygens (including phenoxy) is 2. The molecule has 2 aliphatic rings. The number of likely N-dealkylation sites (tertiary alicyclic amines) is 2. The van der Waals surface area contributed by atoms with Gasteiger partial charge in [-0.15, -0.1) is 0 Å². The van der Waals surface area contributed by atoms with Gasteiger partial charge in [-0.2, -0.15) is 13.2 Å². The van der Waals surface area contributed by atoms with Crippen molar-refractivity contribution in [2.45, 2.75) is 97.7 Å². The first-order valence-electron chi connectivity index (χ1n) is 11.0. The molecule has 184 valence electrons. The molecule has 0 aromatic heterocycles. The van der Waals surface area contributed by atoms with Gasteiger partial charge in [0.05, 0.1) is 17.5 Å². The van der Waals surface area contributed by atoms with Gasteiger partial charge in [0.15, 0.2) is 0 Å². The highest BCUT2D eigenvalue weighted by Gasteiger charge is 2.50. The zero-order valence-electron chi connectivity index (χ0n) is 19.9. The van der Waals surface area contributed by atoms with E-state index in [1.807, 2.05) is 0 Å². The summed E-state index contributed by atoms with van der Waals surface area (Å²) >= 11 is 0. The largest absolute Gasteiger partial charge is 0.460 e. The van der Waals surface area contributed by atoms with Crippen molar-refractivity contribution in [1.82, 2.24) is 9.80 Å². The quantitative estimate of drug-likeness (QED) is 0.587. The van der Waals surface area contributed by atoms with Gasteiger partial charge in [-0.1, -0.05) is 0 Å². The number of rotatable bonds is 3. The van der Waals surface area contributed by atoms with Crippen LogP contribution in [0.3, 0.4) is 0 Å². The monoisotopic (exact) mass is 464 g/mol. The Morgan fingerprint density at radius 3 is 2.12 bits per heavy atom. The summed E-state index contributed by atoms with van der Waals surface area (Å²) < 4.78 is 50.2. The number of carbonyl (C=O) groups excluding carboxylic acids is 3. The van der Waals surface area contributed by atoms with E-state index in [-0.39, 0.29) is 12.5 Å². The normalized spacial score (nSPS) is 25.2. The highest BCUT2D eigenvalue weighted by molar-refractivity contribution is 5.78. The van der Waals surface area contributed by atoms with Crippen LogP contribution < -0.4 is 0 Å². The highest BCUT2D eigenvalue weighted by atomic mass is 19.4. The molecule has 7 nitrogen and oxygen atoms in total. The SMILES string of the molecule is CC(OC(=O)C(C)(C)C)C1C2CC(CCN2C(=O)OC(C)(C)C)CN1C(=O)CC(F)(F)F. The van der Waals surface area contributed by atoms with E-state index in [2.05, 4.69) is 0 Å². The molecule has 2 bridgehead atoms. The van der Waals surface area contributed by atoms with Crippen LogP contribution in [0, 0.1) is 11.3 Å². The topological polar surface area (TPSA) is 76.2 Å². The smallest absolute Gasteiger partial charge is 0.410 e. The predicted molar refractivity (Wildman–Crippen MR) is 111 cm³/mol. The minimum absolute atomic E-state index is 0.0439. The maximum absolute atomic E-state index is 13.0. The molecule has 32 heavy (non-hydrogen) atoms. The van der Waals surface area contributed by atoms with Crippen molar-refractivity contribution in [2.75, 3.05) is 13.1 Å². The highest BCUT2D eigenvalue weighted by Crippen LogP contribution is 2.37. The molecule has 2 saturated heterocycles. The number of alkyl halides is 3. The molecule has 0 aromatic carbocycles. The van der Waals surface area contributed by atoms with Gasteiger partial charge < -0.3 is 19.3 Å². The number of piperidine rings is 2. The Hall–Kier alpha value is -2.00. The molecule has 0 N–H and O–H groups in total. The maximum Gasteiger partial charge on any atom is 0.410 e. The second kappa shape index (κ2) is 9.09. The zero-order chi connectivity index (χ0) is 24.6. The second-order valence-corrected chi connectivity index (χ2v) is 10.8. The number of hydrogen-bond donors (Lipinski definition) is 0. The number of fused-ring (bicyclic) bond motifs is 2. The fourth-order valence-corrected chi connectivity index (χ4v) is 4.24. The maximum atomic E-state index is 13.0. The first-order valence-corrected chi connectivity index (χ1v) is 11.0. The molecule has 4 atom stereocenters. The van der Waals surface area contributed by atoms with Crippen molar-refractivity contribution < 1.29 is 37.0 Å². The molecule has 0 aromatic rings. The van der Waals surface area contributed by atoms with E-state index in [1.165, 1.54) is 4.90 Å². The van der Waals surface area contributed by atoms with E-state index in [0.717, 1.165) is 4.90 Å². The average molecular weight is 465 g/mol. The van der Waals surface area contributed by atoms with E-state index >= 15 is 0 Å². The second-order valence-electron chi connectivity index (χ2n) is 10.8. The van der Waals surface area contributed by atoms with Crippen molar-refractivity contribution in [1.29, 1.82) is 0 Å². The van der Waals surface area contributed by atoms with E-state index in [9.17, 15) is 27.6 Å². The van der Waals surface area contributed by atoms with Gasteiger partial charge in [0.1, 0.15) is 18.1 Å². The third-order valence-electron chi connectivity index (χ3n) is 5.65. The molecule has 4 unspecified atom stereocenters. The summed E-state index contributed by atoms with van der Waals surface area (Å²) in [4.78, 5) is 40.7. The molecule has 2 fully saturated rings. The Kier molecular flexibility index (Phi) is 7.46. The first-order chi connectivity index (χ1) is 14.4. The van der Waals surface area contributed by atoms with Crippen LogP contribution in [0.5, 0.6) is 0 Å². The van der Waals surface area contributed by atoms with Crippen LogP contribution in [0.4, 0.5) is 18.0 Å². The summed E-state index contributed by atoms with van der Waals surface area (Å²) in [7, 11) is 0. The number of carbonyl (C=O) groups is 3. The van der Waals surface area contributed by atoms with Crippen LogP contribution >= 0.6 is 0 Å². The molecule has 0 saturated carbocycles. The molecule has 0 spiro atoms. The minimum Gasteiger partial charge on any atom is -0.460 e. The third kappa shape index (κ3) is 6.75. The molecule has 2 amide bonds. The number of amides is 2. The lowest BCUT2D eigenvalue weighted by Crippen LogP contribution is -2.67. The van der Waals surface area contributed by atoms with Crippen LogP contribution in [-0.2, 0) is 19.1 Å². The van der Waals surface area contributed by atoms with E-state index in [4.69, 9.17) is 9.47 Å². The summed E-state index contributed by atoms with van der Waals surface area (Å²) in [6.07, 6.45) is -6.72. The predicted octanol–water partition coefficient (Wildman–Crippen LogP) is 4.14. The summed E-state index contributed by atoms with van der Waals surface area (Å²) in [5.74, 6) is -1.66. The van der Waals surface area contributed by atoms with Crippen molar-refractivity contribution in [3.63, 3.8) is 0 Å². The van der Waals surface area contributed by atoms with E-state index < -0.39 is 59.8 Å². The minimum atomic E-state index is -4.66. The Bertz CT molecular complexity index is 727. The van der Waals surface area contributed by atoms with Crippen molar-refractivity contribution >= 4 is 18.0 Å². The molecule has 2 heterocycles. The number of esters is 1. The van der Waals surface area contributed by atoms with Crippen LogP contribution in [0.2, 0.25) is 0 Å². The fraction of sp³-hybridized carbons (Fsp3) is 0.864. The summed E-state index contributed by atoms with van der Waals surface area (Å²) in [6, 6.07) is -1.52. The third-order valence-corrected chi connectivity index (χ3v) is 5.65. The Balaban J connectivity index is 2.38. The van der Waals surface area contributed by atoms with Crippen LogP contribution in [0.1, 0.15) is 67.7 Å². The van der Waals surface area contributed by atoms with Crippen molar-refractivity contribution in [3.8, 4) is 0 Å². The Morgan fingerprint density at radius 1 is 1.03 bits per heavy atom. The number of halogens is 3. The molecule has 10 heteroatoms. The lowest BCUT2D eigenvalue weighted by atomic mass is 9.80. The molecule has 2 aliphatic heterocycles. The van der Waals surface area contributed by atoms with Gasteiger partial charge in [0.25, 0.3) is 0 Å². The van der Waals surface area contributed by atoms with Gasteiger partial charge in [0, 0.05) is 13.1 Å². The molecule has 0 radical (unpaired) electrons. The van der Waals surface area contributed by atoms with Crippen LogP contribution in [0.15, 0.2) is 0 Å². The number of nitrogens with zero attached hydrogens (tertiary/aromatic N) is 2. The lowest BCUT2D eigenvalue weighted by Gasteiger charge is -2.53. The van der Waals surface area contributed by atoms with E-state index in [1.54, 1.807) is 48.5 Å². The average Bonchev–Trinajstić information content (AvgIpc) is 2.57.